The number of nitrogens with zero attached hydrogens (tertiary/aromatic N) is 2. The molecule has 1 aromatic rings. The molecule has 2 fully saturated rings. The van der Waals surface area contributed by atoms with E-state index in [-0.39, 0.29) is 17.9 Å². The topological polar surface area (TPSA) is 44.8 Å². The maximum absolute atomic E-state index is 13.8. The zero-order valence-electron chi connectivity index (χ0n) is 12.6. The number of anilines is 1. The van der Waals surface area contributed by atoms with Gasteiger partial charge in [0.15, 0.2) is 0 Å². The van der Waals surface area contributed by atoms with Gasteiger partial charge in [-0.05, 0) is 25.0 Å². The minimum Gasteiger partial charge on any atom is -0.381 e. The van der Waals surface area contributed by atoms with Crippen molar-refractivity contribution in [3.63, 3.8) is 0 Å². The van der Waals surface area contributed by atoms with Gasteiger partial charge < -0.3 is 19.9 Å². The van der Waals surface area contributed by atoms with E-state index in [1.807, 2.05) is 15.9 Å². The van der Waals surface area contributed by atoms with E-state index in [0.717, 1.165) is 12.8 Å². The molecular weight excluding hydrogens is 285 g/mol. The van der Waals surface area contributed by atoms with Gasteiger partial charge in [0.2, 0.25) is 0 Å². The molecule has 0 bridgehead atoms. The summed E-state index contributed by atoms with van der Waals surface area (Å²) >= 11 is 0. The zero-order valence-corrected chi connectivity index (χ0v) is 12.6. The van der Waals surface area contributed by atoms with Crippen LogP contribution in [-0.2, 0) is 4.74 Å². The summed E-state index contributed by atoms with van der Waals surface area (Å²) < 4.78 is 19.1. The van der Waals surface area contributed by atoms with Crippen LogP contribution in [0.5, 0.6) is 0 Å². The number of benzene rings is 1. The lowest BCUT2D eigenvalue weighted by molar-refractivity contribution is 0.0779. The van der Waals surface area contributed by atoms with Crippen molar-refractivity contribution in [2.75, 3.05) is 44.3 Å². The molecule has 0 atom stereocenters. The third kappa shape index (κ3) is 3.50. The Morgan fingerprint density at radius 2 is 1.82 bits per heavy atom. The smallest absolute Gasteiger partial charge is 0.317 e. The minimum absolute atomic E-state index is 0.0138. The molecule has 6 heteroatoms. The highest BCUT2D eigenvalue weighted by Gasteiger charge is 2.24. The average Bonchev–Trinajstić information content (AvgIpc) is 2.56. The maximum Gasteiger partial charge on any atom is 0.317 e. The van der Waals surface area contributed by atoms with Gasteiger partial charge in [-0.25, -0.2) is 9.18 Å². The summed E-state index contributed by atoms with van der Waals surface area (Å²) in [7, 11) is 0. The molecule has 22 heavy (non-hydrogen) atoms. The third-order valence-electron chi connectivity index (χ3n) is 4.31. The number of rotatable bonds is 2. The Kier molecular flexibility index (Phi) is 4.77. The van der Waals surface area contributed by atoms with E-state index >= 15 is 0 Å². The lowest BCUT2D eigenvalue weighted by Gasteiger charge is -2.37. The molecule has 2 aliphatic heterocycles. The van der Waals surface area contributed by atoms with Crippen molar-refractivity contribution in [1.82, 2.24) is 10.2 Å². The van der Waals surface area contributed by atoms with Gasteiger partial charge in [-0.15, -0.1) is 0 Å². The van der Waals surface area contributed by atoms with Crippen molar-refractivity contribution in [2.24, 2.45) is 0 Å². The molecule has 0 radical (unpaired) electrons. The molecule has 0 spiro atoms. The van der Waals surface area contributed by atoms with Crippen molar-refractivity contribution in [3.8, 4) is 0 Å². The van der Waals surface area contributed by atoms with E-state index < -0.39 is 0 Å². The summed E-state index contributed by atoms with van der Waals surface area (Å²) in [5, 5.41) is 3.07. The Hall–Kier alpha value is -1.82. The monoisotopic (exact) mass is 307 g/mol. The van der Waals surface area contributed by atoms with Gasteiger partial charge in [0.05, 0.1) is 5.69 Å². The fourth-order valence-corrected chi connectivity index (χ4v) is 2.97. The van der Waals surface area contributed by atoms with Crippen LogP contribution in [-0.4, -0.2) is 56.4 Å². The number of halogens is 1. The van der Waals surface area contributed by atoms with E-state index in [0.29, 0.717) is 45.1 Å². The molecule has 5 nitrogen and oxygen atoms in total. The van der Waals surface area contributed by atoms with Crippen LogP contribution in [0.3, 0.4) is 0 Å². The molecule has 3 rings (SSSR count). The quantitative estimate of drug-likeness (QED) is 0.907. The first-order valence-electron chi connectivity index (χ1n) is 7.87. The SMILES string of the molecule is O=C(NC1CCOCC1)N1CCN(c2ccccc2F)CC1. The van der Waals surface area contributed by atoms with Gasteiger partial charge in [0.25, 0.3) is 0 Å². The van der Waals surface area contributed by atoms with Crippen LogP contribution in [0.2, 0.25) is 0 Å². The van der Waals surface area contributed by atoms with Crippen molar-refractivity contribution >= 4 is 11.7 Å². The first kappa shape index (κ1) is 15.1. The second-order valence-corrected chi connectivity index (χ2v) is 5.76. The molecule has 2 heterocycles. The number of ether oxygens (including phenoxy) is 1. The predicted octanol–water partition coefficient (Wildman–Crippen LogP) is 1.84. The molecule has 2 aliphatic rings. The van der Waals surface area contributed by atoms with Gasteiger partial charge in [-0.2, -0.15) is 0 Å². The largest absolute Gasteiger partial charge is 0.381 e. The lowest BCUT2D eigenvalue weighted by Crippen LogP contribution is -2.54. The second-order valence-electron chi connectivity index (χ2n) is 5.76. The highest BCUT2D eigenvalue weighted by molar-refractivity contribution is 5.75. The van der Waals surface area contributed by atoms with Crippen molar-refractivity contribution in [3.05, 3.63) is 30.1 Å². The van der Waals surface area contributed by atoms with Gasteiger partial charge in [0.1, 0.15) is 5.82 Å². The molecule has 120 valence electrons. The van der Waals surface area contributed by atoms with E-state index in [1.54, 1.807) is 12.1 Å². The summed E-state index contributed by atoms with van der Waals surface area (Å²) in [6, 6.07) is 6.98. The number of para-hydroxylation sites is 1. The van der Waals surface area contributed by atoms with Gasteiger partial charge in [-0.3, -0.25) is 0 Å². The van der Waals surface area contributed by atoms with Crippen LogP contribution in [0.25, 0.3) is 0 Å². The fraction of sp³-hybridized carbons (Fsp3) is 0.562. The normalized spacial score (nSPS) is 20.0. The number of urea groups is 1. The molecule has 0 unspecified atom stereocenters. The average molecular weight is 307 g/mol. The van der Waals surface area contributed by atoms with Crippen LogP contribution in [0, 0.1) is 5.82 Å². The summed E-state index contributed by atoms with van der Waals surface area (Å²) in [4.78, 5) is 16.1. The Bertz CT molecular complexity index is 512. The highest BCUT2D eigenvalue weighted by Crippen LogP contribution is 2.20. The number of hydrogen-bond acceptors (Lipinski definition) is 3. The van der Waals surface area contributed by atoms with Crippen molar-refractivity contribution in [1.29, 1.82) is 0 Å². The van der Waals surface area contributed by atoms with E-state index in [9.17, 15) is 9.18 Å². The van der Waals surface area contributed by atoms with E-state index in [1.165, 1.54) is 6.07 Å². The molecule has 2 saturated heterocycles. The maximum atomic E-state index is 13.8. The molecule has 2 amide bonds. The third-order valence-corrected chi connectivity index (χ3v) is 4.31. The Morgan fingerprint density at radius 1 is 1.14 bits per heavy atom. The predicted molar refractivity (Wildman–Crippen MR) is 82.6 cm³/mol. The Labute approximate surface area is 130 Å². The number of nitrogens with one attached hydrogen (secondary N) is 1. The standard InChI is InChI=1S/C16H22FN3O2/c17-14-3-1-2-4-15(14)19-7-9-20(10-8-19)16(21)18-13-5-11-22-12-6-13/h1-4,13H,5-12H2,(H,18,21). The summed E-state index contributed by atoms with van der Waals surface area (Å²) in [6.45, 7) is 3.97. The first-order valence-corrected chi connectivity index (χ1v) is 7.87. The molecular formula is C16H22FN3O2. The molecule has 0 saturated carbocycles. The first-order chi connectivity index (χ1) is 10.7. The van der Waals surface area contributed by atoms with Gasteiger partial charge >= 0.3 is 6.03 Å². The number of carbonyl (C=O) groups is 1. The van der Waals surface area contributed by atoms with Crippen LogP contribution < -0.4 is 10.2 Å². The van der Waals surface area contributed by atoms with Crippen LogP contribution in [0.1, 0.15) is 12.8 Å². The Balaban J connectivity index is 1.51. The van der Waals surface area contributed by atoms with Crippen LogP contribution in [0.15, 0.2) is 24.3 Å². The van der Waals surface area contributed by atoms with Crippen LogP contribution in [0.4, 0.5) is 14.9 Å². The molecule has 0 aliphatic carbocycles. The number of carbonyl (C=O) groups excluding carboxylic acids is 1. The molecule has 1 aromatic carbocycles. The van der Waals surface area contributed by atoms with E-state index in [2.05, 4.69) is 5.32 Å². The van der Waals surface area contributed by atoms with Crippen LogP contribution >= 0.6 is 0 Å². The summed E-state index contributed by atoms with van der Waals surface area (Å²) in [5.41, 5.74) is 0.618. The summed E-state index contributed by atoms with van der Waals surface area (Å²) in [5.74, 6) is -0.206. The van der Waals surface area contributed by atoms with Gasteiger partial charge in [-0.1, -0.05) is 12.1 Å². The second kappa shape index (κ2) is 6.96. The highest BCUT2D eigenvalue weighted by atomic mass is 19.1. The van der Waals surface area contributed by atoms with E-state index in [4.69, 9.17) is 4.74 Å². The summed E-state index contributed by atoms with van der Waals surface area (Å²) in [6.07, 6.45) is 1.75. The minimum atomic E-state index is -0.206. The van der Waals surface area contributed by atoms with Gasteiger partial charge in [0, 0.05) is 45.4 Å². The lowest BCUT2D eigenvalue weighted by atomic mass is 10.1. The van der Waals surface area contributed by atoms with Crippen molar-refractivity contribution in [2.45, 2.75) is 18.9 Å². The number of amides is 2. The number of hydrogen-bond donors (Lipinski definition) is 1. The molecule has 0 aromatic heterocycles. The Morgan fingerprint density at radius 3 is 2.50 bits per heavy atom. The fourth-order valence-electron chi connectivity index (χ4n) is 2.97. The zero-order chi connectivity index (χ0) is 15.4. The van der Waals surface area contributed by atoms with Crippen molar-refractivity contribution < 1.29 is 13.9 Å². The number of piperazine rings is 1. The molecule has 1 N–H and O–H groups in total.